The van der Waals surface area contributed by atoms with Crippen molar-refractivity contribution in [2.45, 2.75) is 32.2 Å². The van der Waals surface area contributed by atoms with Gasteiger partial charge in [0.05, 0.1) is 0 Å². The fraction of sp³-hybridized carbons (Fsp3) is 0.625. The number of aromatic nitrogens is 1. The molecule has 0 radical (unpaired) electrons. The summed E-state index contributed by atoms with van der Waals surface area (Å²) in [5, 5.41) is 3.44. The van der Waals surface area contributed by atoms with Crippen molar-refractivity contribution >= 4 is 34.2 Å². The monoisotopic (exact) mass is 403 g/mol. The Balaban J connectivity index is 0.00000192. The lowest BCUT2D eigenvalue weighted by molar-refractivity contribution is -0.133. The molecule has 0 atom stereocenters. The predicted octanol–water partition coefficient (Wildman–Crippen LogP) is 2.02. The van der Waals surface area contributed by atoms with E-state index in [1.165, 1.54) is 12.5 Å². The van der Waals surface area contributed by atoms with Gasteiger partial charge in [-0.1, -0.05) is 0 Å². The lowest BCUT2D eigenvalue weighted by Gasteiger charge is -2.39. The summed E-state index contributed by atoms with van der Waals surface area (Å²) < 4.78 is 2.45. The number of carbonyl (C=O) groups is 1. The number of halogens is 2. The molecule has 0 aliphatic carbocycles. The van der Waals surface area contributed by atoms with Crippen molar-refractivity contribution in [3.05, 3.63) is 33.2 Å². The van der Waals surface area contributed by atoms with Gasteiger partial charge in [0, 0.05) is 49.3 Å². The Morgan fingerprint density at radius 2 is 2.00 bits per heavy atom. The minimum absolute atomic E-state index is 0. The predicted molar refractivity (Wildman–Crippen MR) is 96.0 cm³/mol. The number of hydrogen-bond donors (Lipinski definition) is 1. The van der Waals surface area contributed by atoms with Crippen LogP contribution in [0.25, 0.3) is 0 Å². The molecule has 7 heteroatoms. The molecule has 2 aliphatic heterocycles. The van der Waals surface area contributed by atoms with Gasteiger partial charge in [-0.05, 0) is 53.2 Å². The molecule has 1 spiro atoms. The average Bonchev–Trinajstić information content (AvgIpc) is 2.97. The summed E-state index contributed by atoms with van der Waals surface area (Å²) in [4.78, 5) is 26.1. The van der Waals surface area contributed by atoms with Crippen LogP contribution in [0.1, 0.15) is 25.7 Å². The van der Waals surface area contributed by atoms with Crippen LogP contribution in [0.2, 0.25) is 0 Å². The van der Waals surface area contributed by atoms with Gasteiger partial charge < -0.3 is 14.8 Å². The molecule has 5 nitrogen and oxygen atoms in total. The van der Waals surface area contributed by atoms with Crippen LogP contribution in [-0.4, -0.2) is 41.6 Å². The molecule has 1 N–H and O–H groups in total. The Hall–Kier alpha value is -0.850. The number of hydrogen-bond acceptors (Lipinski definition) is 3. The summed E-state index contributed by atoms with van der Waals surface area (Å²) in [6, 6.07) is 3.24. The van der Waals surface area contributed by atoms with Gasteiger partial charge in [0.15, 0.2) is 0 Å². The minimum Gasteiger partial charge on any atom is -0.343 e. The van der Waals surface area contributed by atoms with Gasteiger partial charge in [0.1, 0.15) is 0 Å². The zero-order valence-corrected chi connectivity index (χ0v) is 15.5. The van der Waals surface area contributed by atoms with Gasteiger partial charge in [0.25, 0.3) is 5.56 Å². The maximum Gasteiger partial charge on any atom is 0.250 e. The molecule has 1 aromatic heterocycles. The van der Waals surface area contributed by atoms with Crippen LogP contribution in [0.3, 0.4) is 0 Å². The number of aryl methyl sites for hydroxylation is 1. The van der Waals surface area contributed by atoms with Crippen LogP contribution < -0.4 is 10.9 Å². The molecule has 0 unspecified atom stereocenters. The third-order valence-corrected chi connectivity index (χ3v) is 5.49. The summed E-state index contributed by atoms with van der Waals surface area (Å²) >= 11 is 3.35. The quantitative estimate of drug-likeness (QED) is 0.838. The van der Waals surface area contributed by atoms with Crippen molar-refractivity contribution in [3.63, 3.8) is 0 Å². The lowest BCUT2D eigenvalue weighted by atomic mass is 9.78. The first-order valence-corrected chi connectivity index (χ1v) is 8.72. The number of nitrogens with one attached hydrogen (secondary N) is 1. The number of carbonyl (C=O) groups excluding carboxylic acids is 1. The van der Waals surface area contributed by atoms with E-state index in [0.717, 1.165) is 43.5 Å². The van der Waals surface area contributed by atoms with E-state index in [9.17, 15) is 9.59 Å². The number of rotatable bonds is 3. The zero-order chi connectivity index (χ0) is 15.6. The van der Waals surface area contributed by atoms with Crippen LogP contribution >= 0.6 is 28.3 Å². The molecule has 2 fully saturated rings. The largest absolute Gasteiger partial charge is 0.343 e. The molecule has 2 aliphatic rings. The van der Waals surface area contributed by atoms with E-state index in [1.807, 2.05) is 4.90 Å². The number of nitrogens with zero attached hydrogens (tertiary/aromatic N) is 2. The van der Waals surface area contributed by atoms with Crippen LogP contribution in [0.15, 0.2) is 27.6 Å². The standard InChI is InChI=1S/C16H22BrN3O2.ClH/c17-13-1-2-14(21)20(11-13)8-3-15(22)19-9-5-16(6-10-19)4-7-18-12-16;/h1-2,11,18H,3-10,12H2;1H. The number of pyridine rings is 1. The van der Waals surface area contributed by atoms with E-state index < -0.39 is 0 Å². The SMILES string of the molecule is Cl.O=C(CCn1cc(Br)ccc1=O)N1CCC2(CCNC2)CC1. The number of amides is 1. The Kier molecular flexibility index (Phi) is 6.28. The number of piperidine rings is 1. The summed E-state index contributed by atoms with van der Waals surface area (Å²) in [5.74, 6) is 0.160. The smallest absolute Gasteiger partial charge is 0.250 e. The average molecular weight is 405 g/mol. The highest BCUT2D eigenvalue weighted by molar-refractivity contribution is 9.10. The summed E-state index contributed by atoms with van der Waals surface area (Å²) in [6.07, 6.45) is 5.57. The van der Waals surface area contributed by atoms with Crippen molar-refractivity contribution in [1.82, 2.24) is 14.8 Å². The molecule has 3 heterocycles. The van der Waals surface area contributed by atoms with Crippen molar-refractivity contribution in [1.29, 1.82) is 0 Å². The van der Waals surface area contributed by atoms with Crippen LogP contribution in [0.4, 0.5) is 0 Å². The molecule has 2 saturated heterocycles. The highest BCUT2D eigenvalue weighted by Gasteiger charge is 2.37. The maximum absolute atomic E-state index is 12.4. The maximum atomic E-state index is 12.4. The van der Waals surface area contributed by atoms with Crippen molar-refractivity contribution in [2.24, 2.45) is 5.41 Å². The van der Waals surface area contributed by atoms with E-state index in [-0.39, 0.29) is 23.9 Å². The summed E-state index contributed by atoms with van der Waals surface area (Å²) in [5.41, 5.74) is 0.364. The fourth-order valence-electron chi connectivity index (χ4n) is 3.50. The topological polar surface area (TPSA) is 54.3 Å². The molecule has 1 aromatic rings. The molecule has 23 heavy (non-hydrogen) atoms. The minimum atomic E-state index is -0.0642. The Labute approximate surface area is 151 Å². The van der Waals surface area contributed by atoms with Gasteiger partial charge in [0.2, 0.25) is 5.91 Å². The highest BCUT2D eigenvalue weighted by atomic mass is 79.9. The molecular formula is C16H23BrClN3O2. The first-order chi connectivity index (χ1) is 10.6. The summed E-state index contributed by atoms with van der Waals surface area (Å²) in [7, 11) is 0. The van der Waals surface area contributed by atoms with Crippen molar-refractivity contribution < 1.29 is 4.79 Å². The second-order valence-corrected chi connectivity index (χ2v) is 7.35. The van der Waals surface area contributed by atoms with Gasteiger partial charge in [-0.3, -0.25) is 9.59 Å². The van der Waals surface area contributed by atoms with E-state index >= 15 is 0 Å². The molecule has 128 valence electrons. The third-order valence-electron chi connectivity index (χ3n) is 5.02. The van der Waals surface area contributed by atoms with Gasteiger partial charge in [-0.25, -0.2) is 0 Å². The van der Waals surface area contributed by atoms with Crippen molar-refractivity contribution in [3.8, 4) is 0 Å². The van der Waals surface area contributed by atoms with Gasteiger partial charge in [-0.15, -0.1) is 12.4 Å². The van der Waals surface area contributed by atoms with Crippen LogP contribution in [-0.2, 0) is 11.3 Å². The molecule has 1 amide bonds. The van der Waals surface area contributed by atoms with Crippen molar-refractivity contribution in [2.75, 3.05) is 26.2 Å². The Morgan fingerprint density at radius 3 is 2.65 bits per heavy atom. The lowest BCUT2D eigenvalue weighted by Crippen LogP contribution is -2.44. The molecule has 0 saturated carbocycles. The molecule has 0 bridgehead atoms. The van der Waals surface area contributed by atoms with Crippen LogP contribution in [0.5, 0.6) is 0 Å². The molecule has 0 aromatic carbocycles. The molecular weight excluding hydrogens is 382 g/mol. The fourth-order valence-corrected chi connectivity index (χ4v) is 3.88. The van der Waals surface area contributed by atoms with Gasteiger partial charge in [-0.2, -0.15) is 0 Å². The Morgan fingerprint density at radius 1 is 1.26 bits per heavy atom. The van der Waals surface area contributed by atoms with E-state index in [4.69, 9.17) is 0 Å². The first kappa shape index (κ1) is 18.5. The Bertz CT molecular complexity index is 604. The normalized spacial score (nSPS) is 19.6. The zero-order valence-electron chi connectivity index (χ0n) is 13.1. The second kappa shape index (κ2) is 7.81. The van der Waals surface area contributed by atoms with E-state index in [0.29, 0.717) is 18.4 Å². The highest BCUT2D eigenvalue weighted by Crippen LogP contribution is 2.36. The first-order valence-electron chi connectivity index (χ1n) is 7.93. The van der Waals surface area contributed by atoms with Gasteiger partial charge >= 0.3 is 0 Å². The van der Waals surface area contributed by atoms with E-state index in [2.05, 4.69) is 21.2 Å². The number of likely N-dealkylation sites (tertiary alicyclic amines) is 1. The third kappa shape index (κ3) is 4.37. The molecule has 3 rings (SSSR count). The second-order valence-electron chi connectivity index (χ2n) is 6.44. The van der Waals surface area contributed by atoms with Crippen LogP contribution in [0, 0.1) is 5.41 Å². The van der Waals surface area contributed by atoms with E-state index in [1.54, 1.807) is 16.8 Å². The summed E-state index contributed by atoms with van der Waals surface area (Å²) in [6.45, 7) is 4.37.